The lowest BCUT2D eigenvalue weighted by Gasteiger charge is -1.96. The predicted molar refractivity (Wildman–Crippen MR) is 52.7 cm³/mol. The topological polar surface area (TPSA) is 20.2 Å². The molecule has 0 amide bonds. The first-order valence-electron chi connectivity index (χ1n) is 4.57. The van der Waals surface area contributed by atoms with Gasteiger partial charge in [0.1, 0.15) is 0 Å². The molecule has 1 nitrogen and oxygen atoms in total. The van der Waals surface area contributed by atoms with Crippen LogP contribution in [0.3, 0.4) is 0 Å². The first kappa shape index (κ1) is 11.3. The first-order chi connectivity index (χ1) is 5.85. The van der Waals surface area contributed by atoms with E-state index in [2.05, 4.69) is 25.3 Å². The molecule has 0 radical (unpaired) electrons. The highest BCUT2D eigenvalue weighted by Gasteiger charge is 1.93. The Morgan fingerprint density at radius 3 is 2.75 bits per heavy atom. The molecule has 0 heterocycles. The standard InChI is InChI=1S/C11H18O/c1-3-5-6-7-8-9-11(4-2)10-12/h4,11-12H,2-3,5-7,10H2,1H3. The van der Waals surface area contributed by atoms with Gasteiger partial charge in [0.25, 0.3) is 0 Å². The predicted octanol–water partition coefficient (Wildman–Crippen LogP) is 2.36. The van der Waals surface area contributed by atoms with Crippen LogP contribution in [0.5, 0.6) is 0 Å². The molecule has 0 aliphatic rings. The maximum Gasteiger partial charge on any atom is 0.0611 e. The van der Waals surface area contributed by atoms with E-state index in [1.165, 1.54) is 19.3 Å². The van der Waals surface area contributed by atoms with Crippen LogP contribution in [0, 0.1) is 17.8 Å². The highest BCUT2D eigenvalue weighted by Crippen LogP contribution is 1.98. The molecular formula is C11H18O. The Labute approximate surface area is 75.5 Å². The highest BCUT2D eigenvalue weighted by atomic mass is 16.3. The molecule has 0 aromatic rings. The zero-order valence-corrected chi connectivity index (χ0v) is 7.84. The molecule has 1 heteroatoms. The average molecular weight is 166 g/mol. The Balaban J connectivity index is 3.49. The van der Waals surface area contributed by atoms with Crippen molar-refractivity contribution in [3.63, 3.8) is 0 Å². The van der Waals surface area contributed by atoms with Crippen LogP contribution in [-0.2, 0) is 0 Å². The van der Waals surface area contributed by atoms with Gasteiger partial charge in [0, 0.05) is 6.42 Å². The van der Waals surface area contributed by atoms with Crippen molar-refractivity contribution in [2.75, 3.05) is 6.61 Å². The van der Waals surface area contributed by atoms with Crippen molar-refractivity contribution in [2.45, 2.75) is 32.6 Å². The van der Waals surface area contributed by atoms with Crippen molar-refractivity contribution in [3.8, 4) is 11.8 Å². The molecule has 0 bridgehead atoms. The second-order valence-electron chi connectivity index (χ2n) is 2.80. The van der Waals surface area contributed by atoms with Crippen LogP contribution in [0.1, 0.15) is 32.6 Å². The molecule has 1 unspecified atom stereocenters. The maximum atomic E-state index is 8.75. The molecule has 12 heavy (non-hydrogen) atoms. The summed E-state index contributed by atoms with van der Waals surface area (Å²) in [6, 6.07) is 0. The van der Waals surface area contributed by atoms with Gasteiger partial charge in [-0.3, -0.25) is 0 Å². The van der Waals surface area contributed by atoms with Crippen LogP contribution in [0.4, 0.5) is 0 Å². The number of hydrogen-bond acceptors (Lipinski definition) is 1. The monoisotopic (exact) mass is 166 g/mol. The average Bonchev–Trinajstić information content (AvgIpc) is 2.11. The Kier molecular flexibility index (Phi) is 7.84. The minimum atomic E-state index is -0.0355. The molecule has 0 spiro atoms. The van der Waals surface area contributed by atoms with Gasteiger partial charge in [0.2, 0.25) is 0 Å². The highest BCUT2D eigenvalue weighted by molar-refractivity contribution is 5.09. The number of aliphatic hydroxyl groups excluding tert-OH is 1. The minimum Gasteiger partial charge on any atom is -0.395 e. The fourth-order valence-electron chi connectivity index (χ4n) is 0.846. The van der Waals surface area contributed by atoms with E-state index in [4.69, 9.17) is 5.11 Å². The van der Waals surface area contributed by atoms with Crippen LogP contribution in [-0.4, -0.2) is 11.7 Å². The van der Waals surface area contributed by atoms with Gasteiger partial charge in [-0.15, -0.1) is 12.5 Å². The summed E-state index contributed by atoms with van der Waals surface area (Å²) in [5, 5.41) is 8.75. The van der Waals surface area contributed by atoms with Crippen molar-refractivity contribution < 1.29 is 5.11 Å². The third-order valence-electron chi connectivity index (χ3n) is 1.67. The van der Waals surface area contributed by atoms with Gasteiger partial charge in [0.05, 0.1) is 12.5 Å². The van der Waals surface area contributed by atoms with Crippen LogP contribution in [0.25, 0.3) is 0 Å². The molecule has 0 aromatic heterocycles. The van der Waals surface area contributed by atoms with Gasteiger partial charge >= 0.3 is 0 Å². The van der Waals surface area contributed by atoms with Crippen molar-refractivity contribution in [1.82, 2.24) is 0 Å². The Morgan fingerprint density at radius 1 is 1.50 bits per heavy atom. The quantitative estimate of drug-likeness (QED) is 0.377. The molecule has 0 aliphatic carbocycles. The van der Waals surface area contributed by atoms with Gasteiger partial charge in [0.15, 0.2) is 0 Å². The summed E-state index contributed by atoms with van der Waals surface area (Å²) in [5.74, 6) is 5.97. The van der Waals surface area contributed by atoms with Crippen LogP contribution in [0.2, 0.25) is 0 Å². The number of unbranched alkanes of at least 4 members (excludes halogenated alkanes) is 3. The molecule has 0 aromatic carbocycles. The van der Waals surface area contributed by atoms with Crippen molar-refractivity contribution >= 4 is 0 Å². The summed E-state index contributed by atoms with van der Waals surface area (Å²) < 4.78 is 0. The molecule has 0 rings (SSSR count). The third kappa shape index (κ3) is 6.00. The zero-order chi connectivity index (χ0) is 9.23. The lowest BCUT2D eigenvalue weighted by molar-refractivity contribution is 0.277. The van der Waals surface area contributed by atoms with E-state index in [1.54, 1.807) is 6.08 Å². The Hall–Kier alpha value is -0.740. The molecule has 68 valence electrons. The number of aliphatic hydroxyl groups is 1. The molecule has 1 atom stereocenters. The molecule has 0 saturated carbocycles. The lowest BCUT2D eigenvalue weighted by atomic mass is 10.1. The van der Waals surface area contributed by atoms with Crippen molar-refractivity contribution in [2.24, 2.45) is 5.92 Å². The minimum absolute atomic E-state index is 0.0355. The van der Waals surface area contributed by atoms with Gasteiger partial charge in [-0.05, 0) is 6.42 Å². The normalized spacial score (nSPS) is 11.5. The van der Waals surface area contributed by atoms with E-state index < -0.39 is 0 Å². The van der Waals surface area contributed by atoms with E-state index in [0.717, 1.165) is 6.42 Å². The van der Waals surface area contributed by atoms with Gasteiger partial charge in [-0.2, -0.15) is 0 Å². The first-order valence-corrected chi connectivity index (χ1v) is 4.57. The number of rotatable bonds is 5. The summed E-state index contributed by atoms with van der Waals surface area (Å²) in [4.78, 5) is 0. The Bertz CT molecular complexity index is 162. The lowest BCUT2D eigenvalue weighted by Crippen LogP contribution is -1.97. The summed E-state index contributed by atoms with van der Waals surface area (Å²) in [6.07, 6.45) is 6.27. The van der Waals surface area contributed by atoms with Crippen LogP contribution in [0.15, 0.2) is 12.7 Å². The number of hydrogen-bond donors (Lipinski definition) is 1. The maximum absolute atomic E-state index is 8.75. The molecule has 0 fully saturated rings. The molecule has 1 N–H and O–H groups in total. The summed E-state index contributed by atoms with van der Waals surface area (Å²) in [5.41, 5.74) is 0. The zero-order valence-electron chi connectivity index (χ0n) is 7.84. The summed E-state index contributed by atoms with van der Waals surface area (Å²) >= 11 is 0. The van der Waals surface area contributed by atoms with E-state index >= 15 is 0 Å². The van der Waals surface area contributed by atoms with Crippen LogP contribution < -0.4 is 0 Å². The molecular weight excluding hydrogens is 148 g/mol. The SMILES string of the molecule is C=CC(C#CCCCCC)CO. The van der Waals surface area contributed by atoms with Crippen molar-refractivity contribution in [3.05, 3.63) is 12.7 Å². The van der Waals surface area contributed by atoms with Crippen LogP contribution >= 0.6 is 0 Å². The van der Waals surface area contributed by atoms with Gasteiger partial charge in [-0.1, -0.05) is 31.8 Å². The van der Waals surface area contributed by atoms with Crippen molar-refractivity contribution in [1.29, 1.82) is 0 Å². The molecule has 0 saturated heterocycles. The summed E-state index contributed by atoms with van der Waals surface area (Å²) in [6.45, 7) is 5.85. The summed E-state index contributed by atoms with van der Waals surface area (Å²) in [7, 11) is 0. The third-order valence-corrected chi connectivity index (χ3v) is 1.67. The van der Waals surface area contributed by atoms with Gasteiger partial charge in [-0.25, -0.2) is 0 Å². The molecule has 0 aliphatic heterocycles. The largest absolute Gasteiger partial charge is 0.395 e. The fraction of sp³-hybridized carbons (Fsp3) is 0.636. The second kappa shape index (κ2) is 8.36. The second-order valence-corrected chi connectivity index (χ2v) is 2.80. The van der Waals surface area contributed by atoms with E-state index in [1.807, 2.05) is 0 Å². The fourth-order valence-corrected chi connectivity index (χ4v) is 0.846. The Morgan fingerprint density at radius 2 is 2.25 bits per heavy atom. The van der Waals surface area contributed by atoms with E-state index in [-0.39, 0.29) is 12.5 Å². The van der Waals surface area contributed by atoms with Gasteiger partial charge < -0.3 is 5.11 Å². The van der Waals surface area contributed by atoms with E-state index in [9.17, 15) is 0 Å². The van der Waals surface area contributed by atoms with E-state index in [0.29, 0.717) is 0 Å². The smallest absolute Gasteiger partial charge is 0.0611 e.